The lowest BCUT2D eigenvalue weighted by atomic mass is 10.1. The molecule has 0 aliphatic carbocycles. The summed E-state index contributed by atoms with van der Waals surface area (Å²) in [5.74, 6) is 1.91. The standard InChI is InChI=1S/C20H26N6O/c1-2-16(27-11-1)14-25-7-9-26(10-8-25)20-17-12-22-13-18(17)23-19(24-20)15-3-5-21-6-4-15/h3-6,16,22H,1-2,7-14H2. The van der Waals surface area contributed by atoms with Crippen LogP contribution in [0.4, 0.5) is 5.82 Å². The van der Waals surface area contributed by atoms with Gasteiger partial charge >= 0.3 is 0 Å². The number of anilines is 1. The maximum atomic E-state index is 5.80. The second-order valence-corrected chi connectivity index (χ2v) is 7.56. The van der Waals surface area contributed by atoms with Gasteiger partial charge < -0.3 is 15.0 Å². The van der Waals surface area contributed by atoms with E-state index in [2.05, 4.69) is 20.1 Å². The molecule has 142 valence electrons. The molecule has 1 N–H and O–H groups in total. The monoisotopic (exact) mass is 366 g/mol. The Morgan fingerprint density at radius 1 is 1.07 bits per heavy atom. The molecule has 0 amide bonds. The second kappa shape index (κ2) is 7.50. The van der Waals surface area contributed by atoms with Crippen molar-refractivity contribution in [3.8, 4) is 11.4 Å². The number of nitrogens with one attached hydrogen (secondary N) is 1. The van der Waals surface area contributed by atoms with Crippen molar-refractivity contribution in [2.75, 3.05) is 44.2 Å². The molecule has 2 fully saturated rings. The summed E-state index contributed by atoms with van der Waals surface area (Å²) in [6.07, 6.45) is 6.45. The van der Waals surface area contributed by atoms with Gasteiger partial charge in [-0.2, -0.15) is 0 Å². The predicted octanol–water partition coefficient (Wildman–Crippen LogP) is 1.44. The summed E-state index contributed by atoms with van der Waals surface area (Å²) in [6.45, 7) is 7.83. The van der Waals surface area contributed by atoms with E-state index in [0.29, 0.717) is 6.10 Å². The van der Waals surface area contributed by atoms with Gasteiger partial charge in [-0.25, -0.2) is 9.97 Å². The zero-order valence-electron chi connectivity index (χ0n) is 15.6. The fourth-order valence-corrected chi connectivity index (χ4v) is 4.26. The topological polar surface area (TPSA) is 66.4 Å². The molecule has 2 saturated heterocycles. The van der Waals surface area contributed by atoms with E-state index in [1.54, 1.807) is 12.4 Å². The minimum Gasteiger partial charge on any atom is -0.377 e. The molecule has 2 aromatic rings. The molecule has 1 unspecified atom stereocenters. The van der Waals surface area contributed by atoms with Gasteiger partial charge in [-0.1, -0.05) is 0 Å². The summed E-state index contributed by atoms with van der Waals surface area (Å²) >= 11 is 0. The average Bonchev–Trinajstić information content (AvgIpc) is 3.40. The van der Waals surface area contributed by atoms with Crippen molar-refractivity contribution in [2.45, 2.75) is 32.0 Å². The fourth-order valence-electron chi connectivity index (χ4n) is 4.26. The molecule has 5 heterocycles. The molecule has 0 aromatic carbocycles. The van der Waals surface area contributed by atoms with Crippen LogP contribution in [0.25, 0.3) is 11.4 Å². The molecule has 0 spiro atoms. The summed E-state index contributed by atoms with van der Waals surface area (Å²) in [7, 11) is 0. The normalized spacial score (nSPS) is 23.0. The van der Waals surface area contributed by atoms with Gasteiger partial charge in [0.15, 0.2) is 5.82 Å². The minimum atomic E-state index is 0.433. The Morgan fingerprint density at radius 2 is 1.93 bits per heavy atom. The molecule has 0 radical (unpaired) electrons. The number of fused-ring (bicyclic) bond motifs is 1. The first-order valence-electron chi connectivity index (χ1n) is 9.96. The lowest BCUT2D eigenvalue weighted by Crippen LogP contribution is -2.49. The highest BCUT2D eigenvalue weighted by atomic mass is 16.5. The summed E-state index contributed by atoms with van der Waals surface area (Å²) in [6, 6.07) is 3.96. The van der Waals surface area contributed by atoms with Crippen LogP contribution in [0.2, 0.25) is 0 Å². The quantitative estimate of drug-likeness (QED) is 0.878. The number of ether oxygens (including phenoxy) is 1. The molecule has 3 aliphatic rings. The van der Waals surface area contributed by atoms with Crippen molar-refractivity contribution in [2.24, 2.45) is 0 Å². The van der Waals surface area contributed by atoms with Crippen LogP contribution >= 0.6 is 0 Å². The Labute approximate surface area is 159 Å². The smallest absolute Gasteiger partial charge is 0.161 e. The fraction of sp³-hybridized carbons (Fsp3) is 0.550. The van der Waals surface area contributed by atoms with Crippen LogP contribution in [0.1, 0.15) is 24.1 Å². The molecule has 0 saturated carbocycles. The van der Waals surface area contributed by atoms with Crippen molar-refractivity contribution in [1.82, 2.24) is 25.2 Å². The average molecular weight is 366 g/mol. The first-order valence-corrected chi connectivity index (χ1v) is 9.96. The highest BCUT2D eigenvalue weighted by Crippen LogP contribution is 2.29. The number of nitrogens with zero attached hydrogens (tertiary/aromatic N) is 5. The van der Waals surface area contributed by atoms with Crippen molar-refractivity contribution in [3.05, 3.63) is 35.8 Å². The summed E-state index contributed by atoms with van der Waals surface area (Å²) in [5.41, 5.74) is 3.42. The highest BCUT2D eigenvalue weighted by molar-refractivity contribution is 5.61. The molecule has 2 aromatic heterocycles. The molecular formula is C20H26N6O. The van der Waals surface area contributed by atoms with Crippen LogP contribution in [0.3, 0.4) is 0 Å². The SMILES string of the molecule is c1cc(-c2nc3c(c(N4CCN(CC5CCCO5)CC4)n2)CNC3)ccn1. The first kappa shape index (κ1) is 17.0. The van der Waals surface area contributed by atoms with Gasteiger partial charge in [0.25, 0.3) is 0 Å². The minimum absolute atomic E-state index is 0.433. The lowest BCUT2D eigenvalue weighted by molar-refractivity contribution is 0.0712. The number of hydrogen-bond acceptors (Lipinski definition) is 7. The van der Waals surface area contributed by atoms with Crippen molar-refractivity contribution >= 4 is 5.82 Å². The zero-order chi connectivity index (χ0) is 18.1. The molecule has 0 bridgehead atoms. The van der Waals surface area contributed by atoms with E-state index in [9.17, 15) is 0 Å². The number of hydrogen-bond donors (Lipinski definition) is 1. The van der Waals surface area contributed by atoms with E-state index in [-0.39, 0.29) is 0 Å². The van der Waals surface area contributed by atoms with Gasteiger partial charge in [0.05, 0.1) is 11.8 Å². The number of pyridine rings is 1. The maximum Gasteiger partial charge on any atom is 0.161 e. The van der Waals surface area contributed by atoms with E-state index in [1.807, 2.05) is 12.1 Å². The zero-order valence-corrected chi connectivity index (χ0v) is 15.6. The number of rotatable bonds is 4. The van der Waals surface area contributed by atoms with Crippen LogP contribution in [0, 0.1) is 0 Å². The summed E-state index contributed by atoms with van der Waals surface area (Å²) < 4.78 is 5.80. The summed E-state index contributed by atoms with van der Waals surface area (Å²) in [5, 5.41) is 3.43. The molecule has 5 rings (SSSR count). The Hall–Kier alpha value is -2.09. The molecule has 7 heteroatoms. The Bertz CT molecular complexity index is 785. The highest BCUT2D eigenvalue weighted by Gasteiger charge is 2.27. The van der Waals surface area contributed by atoms with Gasteiger partial charge in [0.2, 0.25) is 0 Å². The van der Waals surface area contributed by atoms with Crippen LogP contribution in [-0.2, 0) is 17.8 Å². The van der Waals surface area contributed by atoms with Gasteiger partial charge in [-0.15, -0.1) is 0 Å². The molecule has 3 aliphatic heterocycles. The third-order valence-corrected chi connectivity index (χ3v) is 5.76. The van der Waals surface area contributed by atoms with Crippen molar-refractivity contribution in [3.63, 3.8) is 0 Å². The third-order valence-electron chi connectivity index (χ3n) is 5.76. The van der Waals surface area contributed by atoms with Gasteiger partial charge in [0.1, 0.15) is 5.82 Å². The van der Waals surface area contributed by atoms with Crippen LogP contribution in [0.5, 0.6) is 0 Å². The van der Waals surface area contributed by atoms with Crippen LogP contribution in [-0.4, -0.2) is 65.3 Å². The Morgan fingerprint density at radius 3 is 2.70 bits per heavy atom. The van der Waals surface area contributed by atoms with Crippen molar-refractivity contribution < 1.29 is 4.74 Å². The molecule has 1 atom stereocenters. The van der Waals surface area contributed by atoms with Gasteiger partial charge in [-0.05, 0) is 25.0 Å². The largest absolute Gasteiger partial charge is 0.377 e. The van der Waals surface area contributed by atoms with E-state index >= 15 is 0 Å². The molecule has 7 nitrogen and oxygen atoms in total. The third kappa shape index (κ3) is 3.54. The molecule has 27 heavy (non-hydrogen) atoms. The van der Waals surface area contributed by atoms with E-state index in [4.69, 9.17) is 14.7 Å². The van der Waals surface area contributed by atoms with Crippen molar-refractivity contribution in [1.29, 1.82) is 0 Å². The maximum absolute atomic E-state index is 5.80. The van der Waals surface area contributed by atoms with Gasteiger partial charge in [0, 0.05) is 75.9 Å². The molecular weight excluding hydrogens is 340 g/mol. The number of aromatic nitrogens is 3. The Kier molecular flexibility index (Phi) is 4.73. The second-order valence-electron chi connectivity index (χ2n) is 7.56. The van der Waals surface area contributed by atoms with E-state index in [1.165, 1.54) is 18.4 Å². The lowest BCUT2D eigenvalue weighted by Gasteiger charge is -2.37. The van der Waals surface area contributed by atoms with Crippen LogP contribution < -0.4 is 10.2 Å². The van der Waals surface area contributed by atoms with Gasteiger partial charge in [-0.3, -0.25) is 9.88 Å². The van der Waals surface area contributed by atoms with Crippen LogP contribution in [0.15, 0.2) is 24.5 Å². The summed E-state index contributed by atoms with van der Waals surface area (Å²) in [4.78, 5) is 18.9. The van der Waals surface area contributed by atoms with E-state index < -0.39 is 0 Å². The number of piperazine rings is 1. The Balaban J connectivity index is 1.35. The predicted molar refractivity (Wildman–Crippen MR) is 103 cm³/mol. The first-order chi connectivity index (χ1) is 13.4. The van der Waals surface area contributed by atoms with E-state index in [0.717, 1.165) is 75.3 Å².